The number of nitrogen functional groups attached to an aromatic ring is 1. The van der Waals surface area contributed by atoms with Crippen LogP contribution in [0.2, 0.25) is 0 Å². The molecule has 0 bridgehead atoms. The first-order chi connectivity index (χ1) is 11.9. The molecule has 4 N–H and O–H groups in total. The van der Waals surface area contributed by atoms with Crippen molar-refractivity contribution in [1.82, 2.24) is 9.97 Å². The Labute approximate surface area is 147 Å². The number of aromatic nitrogens is 2. The van der Waals surface area contributed by atoms with E-state index in [4.69, 9.17) is 16.2 Å². The molecule has 0 aliphatic carbocycles. The van der Waals surface area contributed by atoms with Gasteiger partial charge in [-0.05, 0) is 17.7 Å². The van der Waals surface area contributed by atoms with E-state index in [1.807, 2.05) is 24.3 Å². The number of hydrogen-bond acceptors (Lipinski definition) is 6. The number of hydrogen-bond donors (Lipinski definition) is 2. The predicted molar refractivity (Wildman–Crippen MR) is 96.9 cm³/mol. The maximum Gasteiger partial charge on any atom is 0.318 e. The van der Waals surface area contributed by atoms with Crippen LogP contribution < -0.4 is 21.1 Å². The number of amides is 1. The average Bonchev–Trinajstić information content (AvgIpc) is 2.61. The second kappa shape index (κ2) is 6.33. The molecule has 0 atom stereocenters. The number of rotatable bonds is 4. The molecular weight excluding hydrogens is 318 g/mol. The first kappa shape index (κ1) is 17.2. The second-order valence-corrected chi connectivity index (χ2v) is 6.76. The van der Waals surface area contributed by atoms with Crippen molar-refractivity contribution in [3.8, 4) is 6.01 Å². The summed E-state index contributed by atoms with van der Waals surface area (Å²) < 4.78 is 5.03. The molecule has 2 heterocycles. The number of carbonyl (C=O) groups excluding carboxylic acids is 1. The van der Waals surface area contributed by atoms with Crippen LogP contribution in [0.5, 0.6) is 6.01 Å². The first-order valence-electron chi connectivity index (χ1n) is 8.20. The molecule has 0 radical (unpaired) electrons. The van der Waals surface area contributed by atoms with E-state index in [1.165, 1.54) is 7.11 Å². The maximum absolute atomic E-state index is 12.9. The molecule has 1 aromatic carbocycles. The smallest absolute Gasteiger partial charge is 0.318 e. The fraction of sp³-hybridized carbons (Fsp3) is 0.389. The summed E-state index contributed by atoms with van der Waals surface area (Å²) in [4.78, 5) is 22.9. The third-order valence-electron chi connectivity index (χ3n) is 4.68. The third kappa shape index (κ3) is 3.02. The summed E-state index contributed by atoms with van der Waals surface area (Å²) in [6.07, 6.45) is 0.597. The largest absolute Gasteiger partial charge is 0.467 e. The van der Waals surface area contributed by atoms with Crippen molar-refractivity contribution in [3.05, 3.63) is 41.1 Å². The molecule has 0 saturated heterocycles. The predicted octanol–water partition coefficient (Wildman–Crippen LogP) is 1.51. The highest BCUT2D eigenvalue weighted by molar-refractivity contribution is 6.10. The van der Waals surface area contributed by atoms with E-state index in [9.17, 15) is 4.79 Å². The zero-order valence-electron chi connectivity index (χ0n) is 14.7. The average molecular weight is 341 g/mol. The number of nitrogens with two attached hydrogens (primary N) is 2. The van der Waals surface area contributed by atoms with Crippen molar-refractivity contribution in [2.45, 2.75) is 25.7 Å². The highest BCUT2D eigenvalue weighted by Gasteiger charge is 2.30. The Morgan fingerprint density at radius 2 is 1.92 bits per heavy atom. The van der Waals surface area contributed by atoms with Gasteiger partial charge in [0.25, 0.3) is 5.91 Å². The van der Waals surface area contributed by atoms with Crippen molar-refractivity contribution in [2.24, 2.45) is 5.73 Å². The lowest BCUT2D eigenvalue weighted by atomic mass is 9.85. The lowest BCUT2D eigenvalue weighted by molar-refractivity contribution is 0.0980. The van der Waals surface area contributed by atoms with Crippen LogP contribution in [0.3, 0.4) is 0 Å². The van der Waals surface area contributed by atoms with Gasteiger partial charge in [-0.15, -0.1) is 0 Å². The normalized spacial score (nSPS) is 14.4. The van der Waals surface area contributed by atoms with Crippen molar-refractivity contribution < 1.29 is 9.53 Å². The van der Waals surface area contributed by atoms with E-state index in [2.05, 4.69) is 23.8 Å². The monoisotopic (exact) mass is 341 g/mol. The molecule has 0 spiro atoms. The quantitative estimate of drug-likeness (QED) is 0.873. The molecule has 25 heavy (non-hydrogen) atoms. The van der Waals surface area contributed by atoms with Gasteiger partial charge in [-0.25, -0.2) is 0 Å². The van der Waals surface area contributed by atoms with E-state index in [0.29, 0.717) is 30.8 Å². The van der Waals surface area contributed by atoms with E-state index in [-0.39, 0.29) is 23.2 Å². The molecular formula is C18H23N5O2. The highest BCUT2D eigenvalue weighted by atomic mass is 16.5. The van der Waals surface area contributed by atoms with Gasteiger partial charge in [0.1, 0.15) is 11.4 Å². The Hall–Kier alpha value is -2.67. The molecule has 0 unspecified atom stereocenters. The summed E-state index contributed by atoms with van der Waals surface area (Å²) in [5.41, 5.74) is 14.6. The van der Waals surface area contributed by atoms with Crippen molar-refractivity contribution >= 4 is 17.4 Å². The lowest BCUT2D eigenvalue weighted by Crippen LogP contribution is -2.39. The van der Waals surface area contributed by atoms with Crippen molar-refractivity contribution in [3.63, 3.8) is 0 Å². The van der Waals surface area contributed by atoms with Gasteiger partial charge in [-0.2, -0.15) is 9.97 Å². The summed E-state index contributed by atoms with van der Waals surface area (Å²) in [6, 6.07) is 8.09. The number of fused-ring (bicyclic) bond motifs is 1. The van der Waals surface area contributed by atoms with Gasteiger partial charge < -0.3 is 21.1 Å². The standard InChI is InChI=1S/C18H23N5O2/c1-18(2,10-19)11-4-6-12(7-5-11)23-9-8-13-14(16(23)24)15(20)22-17(21-13)25-3/h4-7H,8-10,19H2,1-3H3,(H2,20,21,22). The molecule has 132 valence electrons. The van der Waals surface area contributed by atoms with Crippen LogP contribution in [-0.2, 0) is 11.8 Å². The first-order valence-corrected chi connectivity index (χ1v) is 8.20. The molecule has 0 saturated carbocycles. The number of anilines is 2. The van der Waals surface area contributed by atoms with Gasteiger partial charge >= 0.3 is 6.01 Å². The summed E-state index contributed by atoms with van der Waals surface area (Å²) >= 11 is 0. The molecule has 7 nitrogen and oxygen atoms in total. The molecule has 3 rings (SSSR count). The maximum atomic E-state index is 12.9. The number of ether oxygens (including phenoxy) is 1. The van der Waals surface area contributed by atoms with Crippen LogP contribution in [0.1, 0.15) is 35.5 Å². The molecule has 1 amide bonds. The van der Waals surface area contributed by atoms with E-state index >= 15 is 0 Å². The topological polar surface area (TPSA) is 107 Å². The SMILES string of the molecule is COc1nc(N)c2c(n1)CCN(c1ccc(C(C)(C)CN)cc1)C2=O. The Balaban J connectivity index is 1.92. The lowest BCUT2D eigenvalue weighted by Gasteiger charge is -2.29. The third-order valence-corrected chi connectivity index (χ3v) is 4.68. The fourth-order valence-electron chi connectivity index (χ4n) is 2.92. The van der Waals surface area contributed by atoms with Crippen LogP contribution in [0.25, 0.3) is 0 Å². The van der Waals surface area contributed by atoms with Gasteiger partial charge in [-0.3, -0.25) is 4.79 Å². The molecule has 1 aliphatic rings. The number of methoxy groups -OCH3 is 1. The minimum atomic E-state index is -0.188. The molecule has 1 aromatic heterocycles. The summed E-state index contributed by atoms with van der Waals surface area (Å²) in [6.45, 7) is 5.27. The van der Waals surface area contributed by atoms with Gasteiger partial charge in [0.2, 0.25) is 0 Å². The van der Waals surface area contributed by atoms with Crippen LogP contribution in [0, 0.1) is 0 Å². The van der Waals surface area contributed by atoms with E-state index in [0.717, 1.165) is 11.3 Å². The Morgan fingerprint density at radius 3 is 2.52 bits per heavy atom. The minimum Gasteiger partial charge on any atom is -0.467 e. The van der Waals surface area contributed by atoms with Crippen molar-refractivity contribution in [2.75, 3.05) is 30.8 Å². The van der Waals surface area contributed by atoms with Crippen LogP contribution in [0.15, 0.2) is 24.3 Å². The number of carbonyl (C=O) groups is 1. The van der Waals surface area contributed by atoms with Crippen LogP contribution >= 0.6 is 0 Å². The molecule has 1 aliphatic heterocycles. The summed E-state index contributed by atoms with van der Waals surface area (Å²) in [5.74, 6) is -0.0373. The summed E-state index contributed by atoms with van der Waals surface area (Å²) in [7, 11) is 1.47. The number of benzene rings is 1. The van der Waals surface area contributed by atoms with Crippen molar-refractivity contribution in [1.29, 1.82) is 0 Å². The number of nitrogens with zero attached hydrogens (tertiary/aromatic N) is 3. The van der Waals surface area contributed by atoms with Gasteiger partial charge in [0.15, 0.2) is 0 Å². The zero-order chi connectivity index (χ0) is 18.2. The highest BCUT2D eigenvalue weighted by Crippen LogP contribution is 2.29. The minimum absolute atomic E-state index is 0.105. The second-order valence-electron chi connectivity index (χ2n) is 6.76. The Morgan fingerprint density at radius 1 is 1.24 bits per heavy atom. The molecule has 7 heteroatoms. The van der Waals surface area contributed by atoms with E-state index < -0.39 is 0 Å². The van der Waals surface area contributed by atoms with Gasteiger partial charge in [-0.1, -0.05) is 26.0 Å². The van der Waals surface area contributed by atoms with Gasteiger partial charge in [0, 0.05) is 30.6 Å². The Kier molecular flexibility index (Phi) is 4.34. The van der Waals surface area contributed by atoms with Crippen LogP contribution in [-0.4, -0.2) is 36.1 Å². The van der Waals surface area contributed by atoms with Crippen LogP contribution in [0.4, 0.5) is 11.5 Å². The van der Waals surface area contributed by atoms with E-state index in [1.54, 1.807) is 4.90 Å². The summed E-state index contributed by atoms with van der Waals surface area (Å²) in [5, 5.41) is 0. The molecule has 0 fully saturated rings. The Bertz CT molecular complexity index is 802. The molecule has 2 aromatic rings. The zero-order valence-corrected chi connectivity index (χ0v) is 14.7. The fourth-order valence-corrected chi connectivity index (χ4v) is 2.92. The van der Waals surface area contributed by atoms with Gasteiger partial charge in [0.05, 0.1) is 12.8 Å².